The summed E-state index contributed by atoms with van der Waals surface area (Å²) in [6.07, 6.45) is 0.641. The number of likely N-dealkylation sites (tertiary alicyclic amines) is 1. The first-order valence-corrected chi connectivity index (χ1v) is 7.98. The lowest BCUT2D eigenvalue weighted by Crippen LogP contribution is -2.43. The van der Waals surface area contributed by atoms with E-state index in [0.29, 0.717) is 30.2 Å². The number of nitrogens with zero attached hydrogens (tertiary/aromatic N) is 3. The highest BCUT2D eigenvalue weighted by atomic mass is 16.5. The van der Waals surface area contributed by atoms with E-state index in [1.165, 1.54) is 0 Å². The van der Waals surface area contributed by atoms with Gasteiger partial charge in [0.1, 0.15) is 6.04 Å². The van der Waals surface area contributed by atoms with Crippen LogP contribution in [0.25, 0.3) is 11.5 Å². The topological polar surface area (TPSA) is 88.3 Å². The second-order valence-corrected chi connectivity index (χ2v) is 6.16. The summed E-state index contributed by atoms with van der Waals surface area (Å²) < 4.78 is 5.09. The van der Waals surface area contributed by atoms with Crippen molar-refractivity contribution in [1.82, 2.24) is 20.4 Å². The second kappa shape index (κ2) is 6.43. The number of aromatic nitrogens is 2. The van der Waals surface area contributed by atoms with E-state index < -0.39 is 6.04 Å². The Bertz CT molecular complexity index is 751. The van der Waals surface area contributed by atoms with Crippen molar-refractivity contribution in [1.29, 1.82) is 0 Å². The molecular weight excluding hydrogens is 308 g/mol. The summed E-state index contributed by atoms with van der Waals surface area (Å²) in [7, 11) is 0. The Morgan fingerprint density at radius 1 is 1.33 bits per heavy atom. The van der Waals surface area contributed by atoms with Gasteiger partial charge in [0.2, 0.25) is 5.91 Å². The summed E-state index contributed by atoms with van der Waals surface area (Å²) in [5.41, 5.74) is 1.24. The lowest BCUT2D eigenvalue weighted by Gasteiger charge is -2.21. The van der Waals surface area contributed by atoms with Crippen molar-refractivity contribution in [3.05, 3.63) is 35.7 Å². The minimum Gasteiger partial charge on any atom is -0.340 e. The summed E-state index contributed by atoms with van der Waals surface area (Å²) in [5.74, 6) is 0.697. The Morgan fingerprint density at radius 3 is 2.58 bits per heavy atom. The highest BCUT2D eigenvalue weighted by Gasteiger charge is 2.34. The number of benzene rings is 1. The lowest BCUT2D eigenvalue weighted by molar-refractivity contribution is -0.130. The van der Waals surface area contributed by atoms with Gasteiger partial charge in [-0.25, -0.2) is 0 Å². The molecule has 2 heterocycles. The molecule has 3 rings (SSSR count). The van der Waals surface area contributed by atoms with E-state index in [-0.39, 0.29) is 17.9 Å². The van der Waals surface area contributed by atoms with Gasteiger partial charge in [-0.15, -0.1) is 0 Å². The lowest BCUT2D eigenvalue weighted by atomic mass is 10.1. The molecule has 7 nitrogen and oxygen atoms in total. The number of carbonyl (C=O) groups is 2. The van der Waals surface area contributed by atoms with Crippen molar-refractivity contribution in [3.63, 3.8) is 0 Å². The van der Waals surface area contributed by atoms with Gasteiger partial charge in [-0.2, -0.15) is 4.98 Å². The first-order chi connectivity index (χ1) is 11.5. The van der Waals surface area contributed by atoms with E-state index in [1.807, 2.05) is 13.8 Å². The van der Waals surface area contributed by atoms with Crippen molar-refractivity contribution >= 4 is 11.8 Å². The average molecular weight is 328 g/mol. The van der Waals surface area contributed by atoms with Crippen molar-refractivity contribution in [2.24, 2.45) is 0 Å². The Labute approximate surface area is 140 Å². The molecule has 2 amide bonds. The van der Waals surface area contributed by atoms with Crippen molar-refractivity contribution in [2.75, 3.05) is 6.54 Å². The zero-order valence-electron chi connectivity index (χ0n) is 13.9. The predicted molar refractivity (Wildman–Crippen MR) is 87.2 cm³/mol. The van der Waals surface area contributed by atoms with Gasteiger partial charge in [-0.05, 0) is 51.5 Å². The number of aryl methyl sites for hydroxylation is 1. The van der Waals surface area contributed by atoms with E-state index in [4.69, 9.17) is 4.52 Å². The summed E-state index contributed by atoms with van der Waals surface area (Å²) in [6, 6.07) is 6.57. The molecule has 0 aliphatic carbocycles. The molecular formula is C17H20N4O3. The molecule has 0 radical (unpaired) electrons. The number of carbonyl (C=O) groups excluding carboxylic acids is 2. The fourth-order valence-corrected chi connectivity index (χ4v) is 2.77. The van der Waals surface area contributed by atoms with E-state index in [0.717, 1.165) is 5.56 Å². The van der Waals surface area contributed by atoms with Gasteiger partial charge in [-0.3, -0.25) is 9.59 Å². The Hall–Kier alpha value is -2.70. The van der Waals surface area contributed by atoms with Crippen LogP contribution in [0, 0.1) is 6.92 Å². The van der Waals surface area contributed by atoms with E-state index in [1.54, 1.807) is 36.1 Å². The van der Waals surface area contributed by atoms with Crippen molar-refractivity contribution in [3.8, 4) is 11.5 Å². The van der Waals surface area contributed by atoms with Crippen LogP contribution in [0.2, 0.25) is 0 Å². The van der Waals surface area contributed by atoms with E-state index in [9.17, 15) is 9.59 Å². The standard InChI is InChI=1S/C17H20N4O3/c1-10(2)21-9-8-14(17(21)23)19-15(22)12-4-6-13(7-5-12)16-18-11(3)20-24-16/h4-7,10,14H,8-9H2,1-3H3,(H,19,22). The monoisotopic (exact) mass is 328 g/mol. The van der Waals surface area contributed by atoms with E-state index >= 15 is 0 Å². The first-order valence-electron chi connectivity index (χ1n) is 7.98. The molecule has 1 aliphatic rings. The SMILES string of the molecule is Cc1noc(-c2ccc(C(=O)NC3CCN(C(C)C)C3=O)cc2)n1. The third-order valence-electron chi connectivity index (χ3n) is 4.09. The largest absolute Gasteiger partial charge is 0.340 e. The van der Waals surface area contributed by atoms with Gasteiger partial charge >= 0.3 is 0 Å². The predicted octanol–water partition coefficient (Wildman–Crippen LogP) is 1.78. The molecule has 1 aliphatic heterocycles. The number of rotatable bonds is 4. The van der Waals surface area contributed by atoms with Gasteiger partial charge in [0, 0.05) is 23.7 Å². The van der Waals surface area contributed by atoms with Crippen molar-refractivity contribution < 1.29 is 14.1 Å². The third-order valence-corrected chi connectivity index (χ3v) is 4.09. The van der Waals surface area contributed by atoms with Crippen LogP contribution >= 0.6 is 0 Å². The van der Waals surface area contributed by atoms with Crippen LogP contribution in [-0.4, -0.2) is 45.5 Å². The second-order valence-electron chi connectivity index (χ2n) is 6.16. The summed E-state index contributed by atoms with van der Waals surface area (Å²) in [4.78, 5) is 30.5. The molecule has 1 N–H and O–H groups in total. The molecule has 1 saturated heterocycles. The van der Waals surface area contributed by atoms with Crippen LogP contribution in [0.4, 0.5) is 0 Å². The van der Waals surface area contributed by atoms with Gasteiger partial charge in [0.25, 0.3) is 11.8 Å². The highest BCUT2D eigenvalue weighted by Crippen LogP contribution is 2.18. The van der Waals surface area contributed by atoms with Crippen LogP contribution in [0.15, 0.2) is 28.8 Å². The fraction of sp³-hybridized carbons (Fsp3) is 0.412. The average Bonchev–Trinajstić information content (AvgIpc) is 3.14. The molecule has 126 valence electrons. The Kier molecular flexibility index (Phi) is 4.33. The van der Waals surface area contributed by atoms with Gasteiger partial charge in [0.15, 0.2) is 5.82 Å². The fourth-order valence-electron chi connectivity index (χ4n) is 2.77. The van der Waals surface area contributed by atoms with Gasteiger partial charge in [-0.1, -0.05) is 5.16 Å². The molecule has 1 unspecified atom stereocenters. The molecule has 0 spiro atoms. The number of nitrogens with one attached hydrogen (secondary N) is 1. The summed E-state index contributed by atoms with van der Waals surface area (Å²) in [5, 5.41) is 6.55. The molecule has 1 atom stereocenters. The zero-order chi connectivity index (χ0) is 17.3. The smallest absolute Gasteiger partial charge is 0.257 e. The first kappa shape index (κ1) is 16.2. The van der Waals surface area contributed by atoms with Crippen LogP contribution in [0.5, 0.6) is 0 Å². The molecule has 7 heteroatoms. The van der Waals surface area contributed by atoms with E-state index in [2.05, 4.69) is 15.5 Å². The summed E-state index contributed by atoms with van der Waals surface area (Å²) in [6.45, 7) is 6.37. The van der Waals surface area contributed by atoms with Crippen LogP contribution < -0.4 is 5.32 Å². The van der Waals surface area contributed by atoms with Gasteiger partial charge < -0.3 is 14.7 Å². The van der Waals surface area contributed by atoms with Crippen LogP contribution in [0.1, 0.15) is 36.5 Å². The molecule has 0 saturated carbocycles. The minimum absolute atomic E-state index is 0.0173. The molecule has 0 bridgehead atoms. The Morgan fingerprint density at radius 2 is 2.04 bits per heavy atom. The third kappa shape index (κ3) is 3.15. The van der Waals surface area contributed by atoms with Crippen LogP contribution in [0.3, 0.4) is 0 Å². The maximum absolute atomic E-state index is 12.3. The highest BCUT2D eigenvalue weighted by molar-refractivity contribution is 5.98. The van der Waals surface area contributed by atoms with Gasteiger partial charge in [0.05, 0.1) is 0 Å². The van der Waals surface area contributed by atoms with Crippen LogP contribution in [-0.2, 0) is 4.79 Å². The number of amides is 2. The molecule has 1 fully saturated rings. The zero-order valence-corrected chi connectivity index (χ0v) is 13.9. The molecule has 1 aromatic carbocycles. The molecule has 2 aromatic rings. The maximum atomic E-state index is 12.3. The minimum atomic E-state index is -0.446. The molecule has 1 aromatic heterocycles. The normalized spacial score (nSPS) is 17.6. The maximum Gasteiger partial charge on any atom is 0.257 e. The molecule has 24 heavy (non-hydrogen) atoms. The number of hydrogen-bond donors (Lipinski definition) is 1. The Balaban J connectivity index is 1.67. The summed E-state index contributed by atoms with van der Waals surface area (Å²) >= 11 is 0. The quantitative estimate of drug-likeness (QED) is 0.924. The van der Waals surface area contributed by atoms with Crippen molar-refractivity contribution in [2.45, 2.75) is 39.3 Å². The number of hydrogen-bond acceptors (Lipinski definition) is 5.